The molecule has 0 atom stereocenters. The van der Waals surface area contributed by atoms with E-state index >= 15 is 0 Å². The third-order valence-corrected chi connectivity index (χ3v) is 2.53. The van der Waals surface area contributed by atoms with E-state index in [9.17, 15) is 0 Å². The number of hydrogen-bond acceptors (Lipinski definition) is 2. The highest BCUT2D eigenvalue weighted by Crippen LogP contribution is 2.19. The number of hydrogen-bond donors (Lipinski definition) is 0. The Morgan fingerprint density at radius 2 is 2.14 bits per heavy atom. The summed E-state index contributed by atoms with van der Waals surface area (Å²) >= 11 is 5.83. The van der Waals surface area contributed by atoms with Gasteiger partial charge in [-0.15, -0.1) is 0 Å². The van der Waals surface area contributed by atoms with Gasteiger partial charge in [0.2, 0.25) is 8.32 Å². The van der Waals surface area contributed by atoms with Crippen molar-refractivity contribution >= 4 is 25.7 Å². The lowest BCUT2D eigenvalue weighted by atomic mass is 10.3. The van der Waals surface area contributed by atoms with Gasteiger partial charge in [0.15, 0.2) is 0 Å². The molecule has 0 spiro atoms. The van der Waals surface area contributed by atoms with Gasteiger partial charge in [-0.3, -0.25) is 4.98 Å². The van der Waals surface area contributed by atoms with Gasteiger partial charge in [-0.25, -0.2) is 0 Å². The molecule has 0 amide bonds. The zero-order chi connectivity index (χ0) is 10.8. The second kappa shape index (κ2) is 4.15. The van der Waals surface area contributed by atoms with Crippen LogP contribution in [0.25, 0.3) is 5.76 Å². The SMILES string of the molecule is C=C(O[Si](C)(C)C)c1cc(Cl)ccn1. The molecule has 1 aromatic heterocycles. The normalized spacial score (nSPS) is 11.1. The maximum Gasteiger partial charge on any atom is 0.242 e. The Labute approximate surface area is 90.7 Å². The van der Waals surface area contributed by atoms with Crippen molar-refractivity contribution in [3.05, 3.63) is 35.6 Å². The molecule has 0 aliphatic heterocycles. The van der Waals surface area contributed by atoms with Gasteiger partial charge in [0.25, 0.3) is 0 Å². The predicted molar refractivity (Wildman–Crippen MR) is 62.7 cm³/mol. The molecular weight excluding hydrogens is 214 g/mol. The topological polar surface area (TPSA) is 22.1 Å². The van der Waals surface area contributed by atoms with Crippen molar-refractivity contribution in [3.8, 4) is 0 Å². The Morgan fingerprint density at radius 1 is 1.50 bits per heavy atom. The van der Waals surface area contributed by atoms with Crippen molar-refractivity contribution in [2.24, 2.45) is 0 Å². The Morgan fingerprint density at radius 3 is 2.64 bits per heavy atom. The first kappa shape index (κ1) is 11.3. The molecule has 0 N–H and O–H groups in total. The van der Waals surface area contributed by atoms with Crippen LogP contribution in [0.1, 0.15) is 5.69 Å². The maximum atomic E-state index is 5.83. The Bertz CT molecular complexity index is 346. The number of pyridine rings is 1. The van der Waals surface area contributed by atoms with Crippen LogP contribution in [-0.2, 0) is 4.43 Å². The van der Waals surface area contributed by atoms with Crippen LogP contribution in [0.2, 0.25) is 24.7 Å². The maximum absolute atomic E-state index is 5.83. The molecule has 0 saturated carbocycles. The highest BCUT2D eigenvalue weighted by molar-refractivity contribution is 6.70. The molecule has 76 valence electrons. The van der Waals surface area contributed by atoms with E-state index in [2.05, 4.69) is 31.2 Å². The molecule has 0 aliphatic carbocycles. The summed E-state index contributed by atoms with van der Waals surface area (Å²) in [5.41, 5.74) is 0.708. The number of halogens is 1. The summed E-state index contributed by atoms with van der Waals surface area (Å²) in [7, 11) is -1.60. The molecule has 1 heterocycles. The lowest BCUT2D eigenvalue weighted by molar-refractivity contribution is 0.513. The molecule has 0 aliphatic rings. The van der Waals surface area contributed by atoms with Crippen LogP contribution in [0.15, 0.2) is 24.9 Å². The minimum Gasteiger partial charge on any atom is -0.543 e. The van der Waals surface area contributed by atoms with Gasteiger partial charge in [0.05, 0.1) is 0 Å². The predicted octanol–water partition coefficient (Wildman–Crippen LogP) is 3.56. The molecule has 0 aromatic carbocycles. The van der Waals surface area contributed by atoms with Crippen molar-refractivity contribution in [2.45, 2.75) is 19.6 Å². The summed E-state index contributed by atoms with van der Waals surface area (Å²) in [5.74, 6) is 0.603. The third-order valence-electron chi connectivity index (χ3n) is 1.44. The summed E-state index contributed by atoms with van der Waals surface area (Å²) in [6.45, 7) is 10.1. The first-order valence-electron chi connectivity index (χ1n) is 4.38. The van der Waals surface area contributed by atoms with E-state index in [1.54, 1.807) is 18.3 Å². The Kier molecular flexibility index (Phi) is 3.34. The largest absolute Gasteiger partial charge is 0.543 e. The first-order valence-corrected chi connectivity index (χ1v) is 8.17. The number of rotatable bonds is 3. The number of nitrogens with zero attached hydrogens (tertiary/aromatic N) is 1. The monoisotopic (exact) mass is 227 g/mol. The minimum atomic E-state index is -1.60. The molecule has 0 unspecified atom stereocenters. The van der Waals surface area contributed by atoms with Crippen LogP contribution in [0.5, 0.6) is 0 Å². The number of aromatic nitrogens is 1. The van der Waals surface area contributed by atoms with Gasteiger partial charge in [-0.1, -0.05) is 18.2 Å². The quantitative estimate of drug-likeness (QED) is 0.582. The zero-order valence-electron chi connectivity index (χ0n) is 8.67. The van der Waals surface area contributed by atoms with E-state index in [0.717, 1.165) is 0 Å². The van der Waals surface area contributed by atoms with Crippen LogP contribution >= 0.6 is 11.6 Å². The lowest BCUT2D eigenvalue weighted by Gasteiger charge is -2.20. The lowest BCUT2D eigenvalue weighted by Crippen LogP contribution is -2.24. The van der Waals surface area contributed by atoms with Crippen LogP contribution in [-0.4, -0.2) is 13.3 Å². The van der Waals surface area contributed by atoms with E-state index in [1.807, 2.05) is 0 Å². The fourth-order valence-corrected chi connectivity index (χ4v) is 1.98. The summed E-state index contributed by atoms with van der Waals surface area (Å²) < 4.78 is 5.70. The van der Waals surface area contributed by atoms with E-state index in [0.29, 0.717) is 16.5 Å². The van der Waals surface area contributed by atoms with Crippen LogP contribution in [0.3, 0.4) is 0 Å². The molecular formula is C10H14ClNOSi. The summed E-state index contributed by atoms with van der Waals surface area (Å²) in [4.78, 5) is 4.14. The highest BCUT2D eigenvalue weighted by Gasteiger charge is 2.17. The molecule has 1 aromatic rings. The molecule has 2 nitrogen and oxygen atoms in total. The van der Waals surface area contributed by atoms with Crippen LogP contribution < -0.4 is 0 Å². The standard InChI is InChI=1S/C10H14ClNOSi/c1-8(13-14(2,3)4)10-7-9(11)5-6-12-10/h5-7H,1H2,2-4H3. The van der Waals surface area contributed by atoms with Gasteiger partial charge < -0.3 is 4.43 Å². The molecule has 0 fully saturated rings. The van der Waals surface area contributed by atoms with Gasteiger partial charge in [0.1, 0.15) is 11.5 Å². The molecule has 0 radical (unpaired) electrons. The summed E-state index contributed by atoms with van der Waals surface area (Å²) in [6, 6.07) is 3.48. The van der Waals surface area contributed by atoms with E-state index in [-0.39, 0.29) is 0 Å². The van der Waals surface area contributed by atoms with E-state index in [4.69, 9.17) is 16.0 Å². The van der Waals surface area contributed by atoms with Gasteiger partial charge >= 0.3 is 0 Å². The van der Waals surface area contributed by atoms with Crippen LogP contribution in [0, 0.1) is 0 Å². The summed E-state index contributed by atoms with van der Waals surface area (Å²) in [6.07, 6.45) is 1.65. The van der Waals surface area contributed by atoms with Gasteiger partial charge in [-0.05, 0) is 31.8 Å². The van der Waals surface area contributed by atoms with Crippen molar-refractivity contribution in [1.82, 2.24) is 4.98 Å². The fourth-order valence-electron chi connectivity index (χ4n) is 0.979. The average molecular weight is 228 g/mol. The highest BCUT2D eigenvalue weighted by atomic mass is 35.5. The zero-order valence-corrected chi connectivity index (χ0v) is 10.4. The van der Waals surface area contributed by atoms with Crippen molar-refractivity contribution in [3.63, 3.8) is 0 Å². The first-order chi connectivity index (χ1) is 6.38. The minimum absolute atomic E-state index is 0.603. The van der Waals surface area contributed by atoms with Gasteiger partial charge in [-0.2, -0.15) is 0 Å². The third kappa shape index (κ3) is 3.52. The fraction of sp³-hybridized carbons (Fsp3) is 0.300. The molecule has 4 heteroatoms. The summed E-state index contributed by atoms with van der Waals surface area (Å²) in [5, 5.41) is 0.648. The van der Waals surface area contributed by atoms with Crippen molar-refractivity contribution in [2.75, 3.05) is 0 Å². The van der Waals surface area contributed by atoms with Crippen LogP contribution in [0.4, 0.5) is 0 Å². The average Bonchev–Trinajstić information content (AvgIpc) is 2.01. The Balaban J connectivity index is 2.80. The smallest absolute Gasteiger partial charge is 0.242 e. The molecule has 0 saturated heterocycles. The molecule has 0 bridgehead atoms. The molecule has 1 rings (SSSR count). The Hall–Kier alpha value is -0.803. The van der Waals surface area contributed by atoms with Gasteiger partial charge in [0, 0.05) is 11.2 Å². The second-order valence-electron chi connectivity index (χ2n) is 4.00. The molecule has 14 heavy (non-hydrogen) atoms. The second-order valence-corrected chi connectivity index (χ2v) is 8.86. The van der Waals surface area contributed by atoms with Crippen molar-refractivity contribution < 1.29 is 4.43 Å². The van der Waals surface area contributed by atoms with E-state index < -0.39 is 8.32 Å². The van der Waals surface area contributed by atoms with Crippen molar-refractivity contribution in [1.29, 1.82) is 0 Å². The van der Waals surface area contributed by atoms with E-state index in [1.165, 1.54) is 0 Å².